The topological polar surface area (TPSA) is 71.4 Å². The van der Waals surface area contributed by atoms with Gasteiger partial charge in [-0.15, -0.1) is 0 Å². The molecule has 2 N–H and O–H groups in total. The van der Waals surface area contributed by atoms with Crippen molar-refractivity contribution in [3.05, 3.63) is 41.2 Å². The van der Waals surface area contributed by atoms with Crippen LogP contribution in [-0.2, 0) is 17.8 Å². The molecule has 0 spiro atoms. The van der Waals surface area contributed by atoms with Crippen molar-refractivity contribution in [2.24, 2.45) is 0 Å². The number of rotatable bonds is 7. The Balaban J connectivity index is 1.52. The maximum Gasteiger partial charge on any atom is 0.319 e. The van der Waals surface area contributed by atoms with Gasteiger partial charge in [-0.3, -0.25) is 4.68 Å². The second-order valence-electron chi connectivity index (χ2n) is 7.27. The van der Waals surface area contributed by atoms with Crippen molar-refractivity contribution in [2.45, 2.75) is 46.2 Å². The molecule has 7 nitrogen and oxygen atoms in total. The quantitative estimate of drug-likeness (QED) is 0.766. The zero-order chi connectivity index (χ0) is 19.9. The van der Waals surface area contributed by atoms with E-state index in [1.807, 2.05) is 30.7 Å². The van der Waals surface area contributed by atoms with Crippen molar-refractivity contribution in [2.75, 3.05) is 37.0 Å². The summed E-state index contributed by atoms with van der Waals surface area (Å²) in [7, 11) is 1.68. The number of piperidine rings is 1. The Morgan fingerprint density at radius 2 is 1.86 bits per heavy atom. The number of hydrogen-bond acceptors (Lipinski definition) is 4. The number of carbonyl (C=O) groups is 1. The summed E-state index contributed by atoms with van der Waals surface area (Å²) in [6.07, 6.45) is 3.83. The summed E-state index contributed by atoms with van der Waals surface area (Å²) in [5.74, 6) is 0. The Labute approximate surface area is 167 Å². The number of aromatic nitrogens is 2. The van der Waals surface area contributed by atoms with Gasteiger partial charge in [0, 0.05) is 49.4 Å². The maximum absolute atomic E-state index is 12.3. The van der Waals surface area contributed by atoms with Crippen LogP contribution in [0, 0.1) is 13.8 Å². The zero-order valence-electron chi connectivity index (χ0n) is 17.1. The number of methoxy groups -OCH3 is 1. The largest absolute Gasteiger partial charge is 0.383 e. The molecular formula is C21H31N5O2. The van der Waals surface area contributed by atoms with Crippen molar-refractivity contribution in [3.63, 3.8) is 0 Å². The van der Waals surface area contributed by atoms with Crippen LogP contribution in [0.3, 0.4) is 0 Å². The van der Waals surface area contributed by atoms with E-state index in [9.17, 15) is 4.79 Å². The molecule has 0 saturated carbocycles. The highest BCUT2D eigenvalue weighted by Crippen LogP contribution is 2.21. The van der Waals surface area contributed by atoms with Crippen molar-refractivity contribution < 1.29 is 9.53 Å². The predicted octanol–water partition coefficient (Wildman–Crippen LogP) is 3.46. The molecule has 1 aromatic heterocycles. The van der Waals surface area contributed by atoms with Gasteiger partial charge in [-0.1, -0.05) is 0 Å². The van der Waals surface area contributed by atoms with Crippen LogP contribution in [0.1, 0.15) is 36.2 Å². The molecule has 2 amide bonds. The Morgan fingerprint density at radius 3 is 2.54 bits per heavy atom. The summed E-state index contributed by atoms with van der Waals surface area (Å²) in [4.78, 5) is 14.7. The summed E-state index contributed by atoms with van der Waals surface area (Å²) in [6.45, 7) is 7.98. The SMILES string of the molecule is COCCn1nc(C)c(CNC(=O)Nc2ccc(N3CCCCC3)cc2)c1C. The number of anilines is 2. The van der Waals surface area contributed by atoms with Gasteiger partial charge < -0.3 is 20.3 Å². The van der Waals surface area contributed by atoms with Gasteiger partial charge in [-0.2, -0.15) is 5.10 Å². The molecule has 3 rings (SSSR count). The molecule has 7 heteroatoms. The van der Waals surface area contributed by atoms with E-state index in [1.165, 1.54) is 24.9 Å². The summed E-state index contributed by atoms with van der Waals surface area (Å²) in [5.41, 5.74) is 5.05. The van der Waals surface area contributed by atoms with E-state index in [0.717, 1.165) is 35.7 Å². The molecule has 1 aliphatic heterocycles. The Morgan fingerprint density at radius 1 is 1.14 bits per heavy atom. The molecule has 1 aromatic carbocycles. The zero-order valence-corrected chi connectivity index (χ0v) is 17.1. The number of aryl methyl sites for hydroxylation is 1. The van der Waals surface area contributed by atoms with Gasteiger partial charge in [0.25, 0.3) is 0 Å². The molecule has 1 fully saturated rings. The molecule has 0 bridgehead atoms. The molecule has 0 unspecified atom stereocenters. The minimum atomic E-state index is -0.214. The number of benzene rings is 1. The second-order valence-corrected chi connectivity index (χ2v) is 7.27. The number of nitrogens with one attached hydrogen (secondary N) is 2. The lowest BCUT2D eigenvalue weighted by molar-refractivity contribution is 0.182. The first-order chi connectivity index (χ1) is 13.6. The fraction of sp³-hybridized carbons (Fsp3) is 0.524. The van der Waals surface area contributed by atoms with Gasteiger partial charge >= 0.3 is 6.03 Å². The molecule has 2 aromatic rings. The number of hydrogen-bond donors (Lipinski definition) is 2. The van der Waals surface area contributed by atoms with Crippen LogP contribution in [0.5, 0.6) is 0 Å². The monoisotopic (exact) mass is 385 g/mol. The van der Waals surface area contributed by atoms with Crippen LogP contribution < -0.4 is 15.5 Å². The lowest BCUT2D eigenvalue weighted by atomic mass is 10.1. The maximum atomic E-state index is 12.3. The lowest BCUT2D eigenvalue weighted by Crippen LogP contribution is -2.29. The highest BCUT2D eigenvalue weighted by Gasteiger charge is 2.13. The van der Waals surface area contributed by atoms with Gasteiger partial charge in [0.1, 0.15) is 0 Å². The minimum absolute atomic E-state index is 0.214. The highest BCUT2D eigenvalue weighted by molar-refractivity contribution is 5.89. The second kappa shape index (κ2) is 9.59. The molecular weight excluding hydrogens is 354 g/mol. The number of amides is 2. The molecule has 28 heavy (non-hydrogen) atoms. The van der Waals surface area contributed by atoms with Gasteiger partial charge in [0.05, 0.1) is 18.8 Å². The van der Waals surface area contributed by atoms with Crippen LogP contribution in [0.2, 0.25) is 0 Å². The molecule has 2 heterocycles. The fourth-order valence-electron chi connectivity index (χ4n) is 3.64. The van der Waals surface area contributed by atoms with Crippen LogP contribution in [0.25, 0.3) is 0 Å². The third-order valence-electron chi connectivity index (χ3n) is 5.31. The highest BCUT2D eigenvalue weighted by atomic mass is 16.5. The fourth-order valence-corrected chi connectivity index (χ4v) is 3.64. The normalized spacial score (nSPS) is 14.2. The average Bonchev–Trinajstić information content (AvgIpc) is 2.99. The van der Waals surface area contributed by atoms with Gasteiger partial charge in [-0.25, -0.2) is 4.79 Å². The van der Waals surface area contributed by atoms with Crippen LogP contribution >= 0.6 is 0 Å². The Hall–Kier alpha value is -2.54. The summed E-state index contributed by atoms with van der Waals surface area (Å²) >= 11 is 0. The minimum Gasteiger partial charge on any atom is -0.383 e. The van der Waals surface area contributed by atoms with E-state index in [0.29, 0.717) is 19.7 Å². The van der Waals surface area contributed by atoms with Gasteiger partial charge in [-0.05, 0) is 57.4 Å². The smallest absolute Gasteiger partial charge is 0.319 e. The summed E-state index contributed by atoms with van der Waals surface area (Å²) < 4.78 is 7.04. The van der Waals surface area contributed by atoms with E-state index in [4.69, 9.17) is 4.74 Å². The molecule has 152 valence electrons. The molecule has 0 aliphatic carbocycles. The molecule has 0 atom stereocenters. The summed E-state index contributed by atoms with van der Waals surface area (Å²) in [6, 6.07) is 7.87. The predicted molar refractivity (Wildman–Crippen MR) is 112 cm³/mol. The molecule has 0 radical (unpaired) electrons. The van der Waals surface area contributed by atoms with Crippen molar-refractivity contribution in [1.29, 1.82) is 0 Å². The van der Waals surface area contributed by atoms with Crippen LogP contribution in [0.15, 0.2) is 24.3 Å². The Kier molecular flexibility index (Phi) is 6.92. The third kappa shape index (κ3) is 5.04. The van der Waals surface area contributed by atoms with E-state index >= 15 is 0 Å². The first-order valence-corrected chi connectivity index (χ1v) is 10.00. The van der Waals surface area contributed by atoms with Crippen molar-refractivity contribution in [3.8, 4) is 0 Å². The number of urea groups is 1. The van der Waals surface area contributed by atoms with Crippen LogP contribution in [-0.4, -0.2) is 42.6 Å². The number of ether oxygens (including phenoxy) is 1. The van der Waals surface area contributed by atoms with E-state index in [1.54, 1.807) is 7.11 Å². The summed E-state index contributed by atoms with van der Waals surface area (Å²) in [5, 5.41) is 10.4. The van der Waals surface area contributed by atoms with Gasteiger partial charge in [0.15, 0.2) is 0 Å². The standard InChI is InChI=1S/C21H31N5O2/c1-16-20(17(2)26(24-16)13-14-28-3)15-22-21(27)23-18-7-9-19(10-8-18)25-11-5-4-6-12-25/h7-10H,4-6,11-15H2,1-3H3,(H2,22,23,27). The van der Waals surface area contributed by atoms with Gasteiger partial charge in [0.2, 0.25) is 0 Å². The van der Waals surface area contributed by atoms with E-state index < -0.39 is 0 Å². The molecule has 1 aliphatic rings. The number of carbonyl (C=O) groups excluding carboxylic acids is 1. The average molecular weight is 386 g/mol. The van der Waals surface area contributed by atoms with Crippen LogP contribution in [0.4, 0.5) is 16.2 Å². The first-order valence-electron chi connectivity index (χ1n) is 10.00. The third-order valence-corrected chi connectivity index (χ3v) is 5.31. The van der Waals surface area contributed by atoms with E-state index in [2.05, 4.69) is 32.8 Å². The molecule has 1 saturated heterocycles. The van der Waals surface area contributed by atoms with E-state index in [-0.39, 0.29) is 6.03 Å². The Bertz CT molecular complexity index is 779. The number of nitrogens with zero attached hydrogens (tertiary/aromatic N) is 3. The van der Waals surface area contributed by atoms with Crippen molar-refractivity contribution >= 4 is 17.4 Å². The van der Waals surface area contributed by atoms with Crippen molar-refractivity contribution in [1.82, 2.24) is 15.1 Å². The first kappa shape index (κ1) is 20.2. The lowest BCUT2D eigenvalue weighted by Gasteiger charge is -2.28.